The Morgan fingerprint density at radius 3 is 2.39 bits per heavy atom. The predicted octanol–water partition coefficient (Wildman–Crippen LogP) is 1.94. The van der Waals surface area contributed by atoms with Crippen LogP contribution in [-0.2, 0) is 0 Å². The quantitative estimate of drug-likeness (QED) is 0.612. The molecule has 0 aliphatic heterocycles. The molecule has 1 aromatic rings. The number of hydrazine groups is 1. The van der Waals surface area contributed by atoms with Crippen LogP contribution in [0.25, 0.3) is 0 Å². The summed E-state index contributed by atoms with van der Waals surface area (Å²) >= 11 is 5.90. The highest BCUT2D eigenvalue weighted by molar-refractivity contribution is 6.30. The highest BCUT2D eigenvalue weighted by atomic mass is 35.5. The van der Waals surface area contributed by atoms with E-state index < -0.39 is 0 Å². The molecule has 5 heteroatoms. The van der Waals surface area contributed by atoms with Crippen LogP contribution in [0.4, 0.5) is 0 Å². The second-order valence-electron chi connectivity index (χ2n) is 4.45. The summed E-state index contributed by atoms with van der Waals surface area (Å²) in [5, 5.41) is 2.36. The lowest BCUT2D eigenvalue weighted by atomic mass is 10.0. The minimum Gasteiger partial charge on any atom is -0.403 e. The van der Waals surface area contributed by atoms with E-state index >= 15 is 0 Å². The van der Waals surface area contributed by atoms with Crippen LogP contribution in [-0.4, -0.2) is 30.5 Å². The Balaban J connectivity index is 2.85. The molecule has 0 fully saturated rings. The van der Waals surface area contributed by atoms with Gasteiger partial charge < -0.3 is 15.6 Å². The molecule has 1 aromatic carbocycles. The first kappa shape index (κ1) is 14.8. The Bertz CT molecular complexity index is 375. The summed E-state index contributed by atoms with van der Waals surface area (Å²) in [6.07, 6.45) is 4.03. The molecule has 4 N–H and O–H groups in total. The first-order valence-electron chi connectivity index (χ1n) is 5.86. The van der Waals surface area contributed by atoms with E-state index in [2.05, 4.69) is 4.90 Å². The van der Waals surface area contributed by atoms with Gasteiger partial charge in [0.25, 0.3) is 0 Å². The van der Waals surface area contributed by atoms with Crippen LogP contribution in [0.15, 0.2) is 36.7 Å². The van der Waals surface area contributed by atoms with Gasteiger partial charge >= 0.3 is 0 Å². The zero-order valence-electron chi connectivity index (χ0n) is 10.9. The Morgan fingerprint density at radius 2 is 1.89 bits per heavy atom. The zero-order valence-corrected chi connectivity index (χ0v) is 11.6. The van der Waals surface area contributed by atoms with Gasteiger partial charge in [-0.2, -0.15) is 0 Å². The molecule has 4 nitrogen and oxygen atoms in total. The van der Waals surface area contributed by atoms with E-state index in [1.54, 1.807) is 11.2 Å². The number of nitrogens with two attached hydrogens (primary N) is 2. The third-order valence-corrected chi connectivity index (χ3v) is 2.97. The van der Waals surface area contributed by atoms with E-state index in [9.17, 15) is 0 Å². The fourth-order valence-electron chi connectivity index (χ4n) is 1.76. The molecule has 0 saturated heterocycles. The molecule has 0 aliphatic carbocycles. The van der Waals surface area contributed by atoms with Crippen LogP contribution >= 0.6 is 11.6 Å². The number of nitrogens with zero attached hydrogens (tertiary/aromatic N) is 2. The van der Waals surface area contributed by atoms with Crippen molar-refractivity contribution in [2.24, 2.45) is 11.6 Å². The SMILES string of the molecule is CN(C)CCC(c1ccc(Cl)cc1)N(N)/C=C\N. The van der Waals surface area contributed by atoms with Crippen molar-refractivity contribution in [2.45, 2.75) is 12.5 Å². The highest BCUT2D eigenvalue weighted by Crippen LogP contribution is 2.23. The highest BCUT2D eigenvalue weighted by Gasteiger charge is 2.15. The summed E-state index contributed by atoms with van der Waals surface area (Å²) in [6.45, 7) is 0.944. The smallest absolute Gasteiger partial charge is 0.0707 e. The van der Waals surface area contributed by atoms with Gasteiger partial charge in [-0.25, -0.2) is 5.84 Å². The molecule has 0 radical (unpaired) electrons. The Kier molecular flexibility index (Phi) is 5.98. The minimum atomic E-state index is 0.0875. The van der Waals surface area contributed by atoms with Gasteiger partial charge in [0, 0.05) is 17.4 Å². The van der Waals surface area contributed by atoms with E-state index in [0.717, 1.165) is 23.6 Å². The average Bonchev–Trinajstić information content (AvgIpc) is 2.31. The molecular formula is C13H21ClN4. The van der Waals surface area contributed by atoms with E-state index in [0.29, 0.717) is 0 Å². The number of benzene rings is 1. The standard InChI is InChI=1S/C13H21ClN4/c1-17(2)9-7-13(18(16)10-8-15)11-3-5-12(14)6-4-11/h3-6,8,10,13H,7,9,15-16H2,1-2H3/b10-8-. The molecule has 0 amide bonds. The molecule has 18 heavy (non-hydrogen) atoms. The van der Waals surface area contributed by atoms with E-state index in [1.165, 1.54) is 6.20 Å². The van der Waals surface area contributed by atoms with Crippen molar-refractivity contribution in [2.75, 3.05) is 20.6 Å². The molecule has 0 spiro atoms. The Morgan fingerprint density at radius 1 is 1.28 bits per heavy atom. The summed E-state index contributed by atoms with van der Waals surface area (Å²) in [5.74, 6) is 6.00. The molecular weight excluding hydrogens is 248 g/mol. The molecule has 0 heterocycles. The fourth-order valence-corrected chi connectivity index (χ4v) is 1.88. The number of hydrogen-bond acceptors (Lipinski definition) is 4. The van der Waals surface area contributed by atoms with Gasteiger partial charge in [-0.05, 0) is 44.8 Å². The van der Waals surface area contributed by atoms with Crippen LogP contribution in [0.1, 0.15) is 18.0 Å². The first-order valence-corrected chi connectivity index (χ1v) is 6.24. The summed E-state index contributed by atoms with van der Waals surface area (Å²) in [4.78, 5) is 2.13. The van der Waals surface area contributed by atoms with E-state index in [-0.39, 0.29) is 6.04 Å². The number of hydrogen-bond donors (Lipinski definition) is 2. The van der Waals surface area contributed by atoms with Crippen LogP contribution in [0.2, 0.25) is 5.02 Å². The topological polar surface area (TPSA) is 58.5 Å². The zero-order chi connectivity index (χ0) is 13.5. The third-order valence-electron chi connectivity index (χ3n) is 2.72. The third kappa shape index (κ3) is 4.56. The Labute approximate surface area is 114 Å². The van der Waals surface area contributed by atoms with E-state index in [1.807, 2.05) is 38.4 Å². The summed E-state index contributed by atoms with van der Waals surface area (Å²) < 4.78 is 0. The molecule has 0 bridgehead atoms. The molecule has 1 rings (SSSR count). The summed E-state index contributed by atoms with van der Waals surface area (Å²) in [6, 6.07) is 7.82. The van der Waals surface area contributed by atoms with E-state index in [4.69, 9.17) is 23.2 Å². The lowest BCUT2D eigenvalue weighted by Crippen LogP contribution is -2.32. The lowest BCUT2D eigenvalue weighted by Gasteiger charge is -2.27. The monoisotopic (exact) mass is 268 g/mol. The normalized spacial score (nSPS) is 13.2. The molecule has 1 unspecified atom stereocenters. The first-order chi connectivity index (χ1) is 8.54. The maximum atomic E-state index is 6.00. The van der Waals surface area contributed by atoms with Gasteiger partial charge in [0.1, 0.15) is 0 Å². The molecule has 100 valence electrons. The van der Waals surface area contributed by atoms with Crippen LogP contribution < -0.4 is 11.6 Å². The van der Waals surface area contributed by atoms with Crippen molar-refractivity contribution in [3.63, 3.8) is 0 Å². The van der Waals surface area contributed by atoms with Crippen molar-refractivity contribution in [1.82, 2.24) is 9.91 Å². The van der Waals surface area contributed by atoms with Crippen molar-refractivity contribution in [1.29, 1.82) is 0 Å². The molecule has 0 saturated carbocycles. The minimum absolute atomic E-state index is 0.0875. The summed E-state index contributed by atoms with van der Waals surface area (Å²) in [5.41, 5.74) is 6.52. The Hall–Kier alpha value is -1.23. The van der Waals surface area contributed by atoms with Crippen molar-refractivity contribution in [3.05, 3.63) is 47.3 Å². The van der Waals surface area contributed by atoms with Crippen LogP contribution in [0, 0.1) is 0 Å². The largest absolute Gasteiger partial charge is 0.403 e. The van der Waals surface area contributed by atoms with Crippen molar-refractivity contribution < 1.29 is 0 Å². The van der Waals surface area contributed by atoms with Crippen molar-refractivity contribution >= 4 is 11.6 Å². The van der Waals surface area contributed by atoms with Crippen molar-refractivity contribution in [3.8, 4) is 0 Å². The molecule has 0 aromatic heterocycles. The van der Waals surface area contributed by atoms with Gasteiger partial charge in [-0.15, -0.1) is 0 Å². The van der Waals surface area contributed by atoms with Gasteiger partial charge in [-0.3, -0.25) is 0 Å². The second kappa shape index (κ2) is 7.26. The maximum absolute atomic E-state index is 6.00. The second-order valence-corrected chi connectivity index (χ2v) is 4.88. The number of halogens is 1. The fraction of sp³-hybridized carbons (Fsp3) is 0.385. The number of rotatable bonds is 6. The predicted molar refractivity (Wildman–Crippen MR) is 76.7 cm³/mol. The lowest BCUT2D eigenvalue weighted by molar-refractivity contribution is 0.247. The average molecular weight is 269 g/mol. The van der Waals surface area contributed by atoms with Crippen LogP contribution in [0.5, 0.6) is 0 Å². The van der Waals surface area contributed by atoms with Gasteiger partial charge in [0.05, 0.1) is 6.04 Å². The van der Waals surface area contributed by atoms with Crippen LogP contribution in [0.3, 0.4) is 0 Å². The summed E-state index contributed by atoms with van der Waals surface area (Å²) in [7, 11) is 4.08. The van der Waals surface area contributed by atoms with Gasteiger partial charge in [0.2, 0.25) is 0 Å². The maximum Gasteiger partial charge on any atom is 0.0707 e. The molecule has 0 aliphatic rings. The van der Waals surface area contributed by atoms with Gasteiger partial charge in [-0.1, -0.05) is 23.7 Å². The van der Waals surface area contributed by atoms with Gasteiger partial charge in [0.15, 0.2) is 0 Å². The molecule has 1 atom stereocenters.